The van der Waals surface area contributed by atoms with Crippen LogP contribution in [-0.4, -0.2) is 49.1 Å². The molecule has 1 rings (SSSR count). The van der Waals surface area contributed by atoms with Gasteiger partial charge in [-0.2, -0.15) is 0 Å². The molecule has 1 aromatic rings. The van der Waals surface area contributed by atoms with Gasteiger partial charge in [-0.1, -0.05) is 12.2 Å². The number of nitrogens with zero attached hydrogens (tertiary/aromatic N) is 2. The molecule has 0 saturated heterocycles. The Kier molecular flexibility index (Phi) is 12.7. The predicted molar refractivity (Wildman–Crippen MR) is 118 cm³/mol. The van der Waals surface area contributed by atoms with Crippen molar-refractivity contribution in [3.05, 3.63) is 36.3 Å². The van der Waals surface area contributed by atoms with Gasteiger partial charge in [0.1, 0.15) is 5.76 Å². The van der Waals surface area contributed by atoms with Gasteiger partial charge in [0.25, 0.3) is 0 Å². The van der Waals surface area contributed by atoms with Gasteiger partial charge in [0, 0.05) is 38.1 Å². The van der Waals surface area contributed by atoms with Gasteiger partial charge < -0.3 is 15.1 Å². The highest BCUT2D eigenvalue weighted by Crippen LogP contribution is 2.03. The van der Waals surface area contributed by atoms with Crippen LogP contribution in [0.1, 0.15) is 40.4 Å². The van der Waals surface area contributed by atoms with E-state index < -0.39 is 0 Å². The summed E-state index contributed by atoms with van der Waals surface area (Å²) in [6.07, 6.45) is 2.54. The lowest BCUT2D eigenvalue weighted by Gasteiger charge is -2.30. The number of rotatable bonds is 10. The third-order valence-electron chi connectivity index (χ3n) is 3.74. The Labute approximate surface area is 170 Å². The molecule has 0 amide bonds. The second-order valence-electron chi connectivity index (χ2n) is 6.73. The summed E-state index contributed by atoms with van der Waals surface area (Å²) < 4.78 is 5.36. The topological polar surface area (TPSA) is 52.8 Å². The van der Waals surface area contributed by atoms with Crippen molar-refractivity contribution in [3.63, 3.8) is 0 Å². The molecule has 0 radical (unpaired) electrons. The maximum atomic E-state index is 5.36. The fourth-order valence-electron chi connectivity index (χ4n) is 2.56. The van der Waals surface area contributed by atoms with Crippen LogP contribution in [0.2, 0.25) is 0 Å². The zero-order valence-corrected chi connectivity index (χ0v) is 18.7. The number of furan rings is 1. The summed E-state index contributed by atoms with van der Waals surface area (Å²) in [6, 6.07) is 4.98. The molecular formula is C19H35IN4O. The van der Waals surface area contributed by atoms with Crippen LogP contribution in [-0.2, 0) is 6.42 Å². The Hall–Kier alpha value is -1.02. The fraction of sp³-hybridized carbons (Fsp3) is 0.632. The molecule has 0 bridgehead atoms. The van der Waals surface area contributed by atoms with Crippen molar-refractivity contribution in [2.75, 3.05) is 26.2 Å². The van der Waals surface area contributed by atoms with Gasteiger partial charge >= 0.3 is 0 Å². The average molecular weight is 462 g/mol. The Balaban J connectivity index is 0.00000576. The normalized spacial score (nSPS) is 11.8. The zero-order chi connectivity index (χ0) is 17.9. The van der Waals surface area contributed by atoms with Gasteiger partial charge in [0.05, 0.1) is 12.8 Å². The van der Waals surface area contributed by atoms with Crippen LogP contribution < -0.4 is 10.6 Å². The highest BCUT2D eigenvalue weighted by molar-refractivity contribution is 14.0. The number of aliphatic imine (C=N–C) groups is 1. The van der Waals surface area contributed by atoms with Crippen molar-refractivity contribution >= 4 is 29.9 Å². The third kappa shape index (κ3) is 10.5. The lowest BCUT2D eigenvalue weighted by atomic mass is 10.2. The molecule has 1 heterocycles. The number of hydrogen-bond donors (Lipinski definition) is 2. The fourth-order valence-corrected chi connectivity index (χ4v) is 2.56. The Bertz CT molecular complexity index is 490. The number of halogens is 1. The smallest absolute Gasteiger partial charge is 0.191 e. The molecule has 0 aliphatic carbocycles. The van der Waals surface area contributed by atoms with Gasteiger partial charge in [-0.15, -0.1) is 24.0 Å². The highest BCUT2D eigenvalue weighted by atomic mass is 127. The molecule has 0 unspecified atom stereocenters. The molecule has 1 aromatic heterocycles. The van der Waals surface area contributed by atoms with E-state index in [0.717, 1.165) is 43.3 Å². The van der Waals surface area contributed by atoms with Crippen molar-refractivity contribution < 1.29 is 4.42 Å². The Morgan fingerprint density at radius 2 is 1.84 bits per heavy atom. The molecule has 0 fully saturated rings. The Morgan fingerprint density at radius 3 is 2.36 bits per heavy atom. The van der Waals surface area contributed by atoms with E-state index in [1.165, 1.54) is 0 Å². The van der Waals surface area contributed by atoms with Crippen LogP contribution in [0.5, 0.6) is 0 Å². The molecule has 25 heavy (non-hydrogen) atoms. The van der Waals surface area contributed by atoms with Crippen LogP contribution in [0, 0.1) is 0 Å². The average Bonchev–Trinajstić information content (AvgIpc) is 3.00. The molecular weight excluding hydrogens is 427 g/mol. The largest absolute Gasteiger partial charge is 0.469 e. The molecule has 6 heteroatoms. The summed E-state index contributed by atoms with van der Waals surface area (Å²) in [7, 11) is 0. The summed E-state index contributed by atoms with van der Waals surface area (Å²) >= 11 is 0. The molecule has 0 spiro atoms. The van der Waals surface area contributed by atoms with E-state index in [1.54, 1.807) is 6.26 Å². The minimum Gasteiger partial charge on any atom is -0.469 e. The summed E-state index contributed by atoms with van der Waals surface area (Å²) in [4.78, 5) is 7.04. The Morgan fingerprint density at radius 1 is 1.20 bits per heavy atom. The lowest BCUT2D eigenvalue weighted by molar-refractivity contribution is 0.178. The van der Waals surface area contributed by atoms with Crippen molar-refractivity contribution in [2.45, 2.75) is 53.1 Å². The van der Waals surface area contributed by atoms with Crippen molar-refractivity contribution in [2.24, 2.45) is 4.99 Å². The quantitative estimate of drug-likeness (QED) is 0.241. The maximum absolute atomic E-state index is 5.36. The van der Waals surface area contributed by atoms with Crippen LogP contribution in [0.15, 0.2) is 40.0 Å². The second kappa shape index (κ2) is 13.2. The predicted octanol–water partition coefficient (Wildman–Crippen LogP) is 3.67. The summed E-state index contributed by atoms with van der Waals surface area (Å²) in [5.74, 6) is 1.81. The van der Waals surface area contributed by atoms with Gasteiger partial charge in [0.15, 0.2) is 5.96 Å². The number of guanidine groups is 1. The molecule has 0 atom stereocenters. The van der Waals surface area contributed by atoms with Crippen LogP contribution in [0.25, 0.3) is 0 Å². The van der Waals surface area contributed by atoms with Crippen molar-refractivity contribution in [3.8, 4) is 0 Å². The zero-order valence-electron chi connectivity index (χ0n) is 16.3. The van der Waals surface area contributed by atoms with Crippen LogP contribution in [0.4, 0.5) is 0 Å². The SMILES string of the molecule is C=C(C)CN=C(NCCc1ccco1)NCCN(C(C)C)C(C)C.I. The molecule has 0 aliphatic rings. The summed E-state index contributed by atoms with van der Waals surface area (Å²) in [5, 5.41) is 6.79. The molecule has 0 aliphatic heterocycles. The van der Waals surface area contributed by atoms with Gasteiger partial charge in [-0.25, -0.2) is 4.99 Å². The number of hydrogen-bond acceptors (Lipinski definition) is 3. The first-order chi connectivity index (χ1) is 11.4. The van der Waals surface area contributed by atoms with E-state index in [0.29, 0.717) is 18.6 Å². The van der Waals surface area contributed by atoms with E-state index in [2.05, 4.69) is 54.8 Å². The first-order valence-electron chi connectivity index (χ1n) is 8.84. The third-order valence-corrected chi connectivity index (χ3v) is 3.74. The second-order valence-corrected chi connectivity index (χ2v) is 6.73. The highest BCUT2D eigenvalue weighted by Gasteiger charge is 2.12. The first kappa shape index (κ1) is 24.0. The molecule has 5 nitrogen and oxygen atoms in total. The number of nitrogens with one attached hydrogen (secondary N) is 2. The van der Waals surface area contributed by atoms with Crippen molar-refractivity contribution in [1.29, 1.82) is 0 Å². The monoisotopic (exact) mass is 462 g/mol. The van der Waals surface area contributed by atoms with Gasteiger partial charge in [-0.05, 0) is 46.8 Å². The van der Waals surface area contributed by atoms with E-state index >= 15 is 0 Å². The van der Waals surface area contributed by atoms with E-state index in [-0.39, 0.29) is 24.0 Å². The molecule has 0 aromatic carbocycles. The first-order valence-corrected chi connectivity index (χ1v) is 8.84. The summed E-state index contributed by atoms with van der Waals surface area (Å²) in [5.41, 5.74) is 1.05. The minimum absolute atomic E-state index is 0. The maximum Gasteiger partial charge on any atom is 0.191 e. The summed E-state index contributed by atoms with van der Waals surface area (Å²) in [6.45, 7) is 18.1. The van der Waals surface area contributed by atoms with Crippen LogP contribution >= 0.6 is 24.0 Å². The minimum atomic E-state index is 0. The molecule has 0 saturated carbocycles. The van der Waals surface area contributed by atoms with Crippen LogP contribution in [0.3, 0.4) is 0 Å². The molecule has 144 valence electrons. The van der Waals surface area contributed by atoms with Gasteiger partial charge in [0.2, 0.25) is 0 Å². The van der Waals surface area contributed by atoms with Crippen molar-refractivity contribution in [1.82, 2.24) is 15.5 Å². The standard InChI is InChI=1S/C19H34N4O.HI/c1-15(2)14-22-19(20-10-9-18-8-7-13-24-18)21-11-12-23(16(3)4)17(5)6;/h7-8,13,16-17H,1,9-12,14H2,2-6H3,(H2,20,21,22);1H. The van der Waals surface area contributed by atoms with E-state index in [1.807, 2.05) is 19.1 Å². The van der Waals surface area contributed by atoms with E-state index in [9.17, 15) is 0 Å². The lowest BCUT2D eigenvalue weighted by Crippen LogP contribution is -2.45. The molecule has 2 N–H and O–H groups in total. The van der Waals surface area contributed by atoms with E-state index in [4.69, 9.17) is 4.42 Å². The van der Waals surface area contributed by atoms with Gasteiger partial charge in [-0.3, -0.25) is 4.90 Å².